The lowest BCUT2D eigenvalue weighted by atomic mass is 9.99. The van der Waals surface area contributed by atoms with Crippen LogP contribution in [0.15, 0.2) is 22.7 Å². The molecule has 4 heteroatoms. The summed E-state index contributed by atoms with van der Waals surface area (Å²) < 4.78 is 12.1. The number of ether oxygens (including phenoxy) is 2. The fourth-order valence-corrected chi connectivity index (χ4v) is 3.32. The van der Waals surface area contributed by atoms with Gasteiger partial charge in [0.05, 0.1) is 13.2 Å². The quantitative estimate of drug-likeness (QED) is 0.810. The van der Waals surface area contributed by atoms with Crippen molar-refractivity contribution in [3.8, 4) is 5.75 Å². The number of rotatable bonds is 7. The summed E-state index contributed by atoms with van der Waals surface area (Å²) in [6.45, 7) is 0.946. The molecule has 112 valence electrons. The first-order chi connectivity index (χ1) is 9.74. The Morgan fingerprint density at radius 2 is 2.35 bits per heavy atom. The zero-order chi connectivity index (χ0) is 14.4. The number of halogens is 1. The van der Waals surface area contributed by atoms with Crippen LogP contribution in [0.4, 0.5) is 0 Å². The van der Waals surface area contributed by atoms with Crippen LogP contribution in [-0.4, -0.2) is 26.9 Å². The molecule has 20 heavy (non-hydrogen) atoms. The van der Waals surface area contributed by atoms with Gasteiger partial charge in [-0.05, 0) is 62.9 Å². The summed E-state index contributed by atoms with van der Waals surface area (Å²) in [6.07, 6.45) is 6.40. The number of hydrogen-bond acceptors (Lipinski definition) is 3. The summed E-state index contributed by atoms with van der Waals surface area (Å²) in [5, 5.41) is 3.41. The van der Waals surface area contributed by atoms with E-state index in [2.05, 4.69) is 33.4 Å². The Morgan fingerprint density at radius 3 is 3.00 bits per heavy atom. The van der Waals surface area contributed by atoms with Gasteiger partial charge >= 0.3 is 0 Å². The van der Waals surface area contributed by atoms with Gasteiger partial charge in [-0.15, -0.1) is 0 Å². The second kappa shape index (κ2) is 8.01. The standard InChI is InChI=1S/C16H24BrNO2/c1-18-16(7-3-5-12-6-4-10-20-12)14-11-13(19-2)8-9-15(14)17/h8-9,11-12,16,18H,3-7,10H2,1-2H3. The van der Waals surface area contributed by atoms with Crippen molar-refractivity contribution in [2.45, 2.75) is 44.2 Å². The molecule has 0 radical (unpaired) electrons. The predicted octanol–water partition coefficient (Wildman–Crippen LogP) is 4.07. The average molecular weight is 342 g/mol. The van der Waals surface area contributed by atoms with E-state index in [4.69, 9.17) is 9.47 Å². The Kier molecular flexibility index (Phi) is 6.33. The second-order valence-corrected chi connectivity index (χ2v) is 6.15. The number of nitrogens with one attached hydrogen (secondary N) is 1. The van der Waals surface area contributed by atoms with Crippen molar-refractivity contribution < 1.29 is 9.47 Å². The number of hydrogen-bond donors (Lipinski definition) is 1. The predicted molar refractivity (Wildman–Crippen MR) is 85.3 cm³/mol. The maximum absolute atomic E-state index is 5.68. The number of benzene rings is 1. The molecule has 2 unspecified atom stereocenters. The molecule has 1 aliphatic rings. The molecular weight excluding hydrogens is 318 g/mol. The van der Waals surface area contributed by atoms with E-state index < -0.39 is 0 Å². The maximum Gasteiger partial charge on any atom is 0.119 e. The van der Waals surface area contributed by atoms with Gasteiger partial charge in [-0.25, -0.2) is 0 Å². The van der Waals surface area contributed by atoms with Crippen LogP contribution < -0.4 is 10.1 Å². The third kappa shape index (κ3) is 4.21. The first-order valence-corrected chi connectivity index (χ1v) is 8.16. The molecule has 1 aromatic carbocycles. The summed E-state index contributed by atoms with van der Waals surface area (Å²) in [4.78, 5) is 0. The molecule has 3 nitrogen and oxygen atoms in total. The third-order valence-corrected chi connectivity index (χ3v) is 4.69. The van der Waals surface area contributed by atoms with Crippen LogP contribution >= 0.6 is 15.9 Å². The van der Waals surface area contributed by atoms with Crippen molar-refractivity contribution in [1.29, 1.82) is 0 Å². The molecule has 0 spiro atoms. The molecule has 0 amide bonds. The van der Waals surface area contributed by atoms with Gasteiger partial charge in [0, 0.05) is 17.1 Å². The van der Waals surface area contributed by atoms with Crippen molar-refractivity contribution in [3.05, 3.63) is 28.2 Å². The molecule has 1 aliphatic heterocycles. The Hall–Kier alpha value is -0.580. The van der Waals surface area contributed by atoms with Gasteiger partial charge in [0.25, 0.3) is 0 Å². The minimum Gasteiger partial charge on any atom is -0.497 e. The molecule has 2 rings (SSSR count). The zero-order valence-electron chi connectivity index (χ0n) is 12.3. The van der Waals surface area contributed by atoms with Gasteiger partial charge in [-0.2, -0.15) is 0 Å². The SMILES string of the molecule is CNC(CCCC1CCCO1)c1cc(OC)ccc1Br. The summed E-state index contributed by atoms with van der Waals surface area (Å²) >= 11 is 3.64. The smallest absolute Gasteiger partial charge is 0.119 e. The summed E-state index contributed by atoms with van der Waals surface area (Å²) in [7, 11) is 3.72. The highest BCUT2D eigenvalue weighted by Crippen LogP contribution is 2.31. The molecule has 1 fully saturated rings. The minimum atomic E-state index is 0.348. The van der Waals surface area contributed by atoms with Gasteiger partial charge in [-0.3, -0.25) is 0 Å². The fourth-order valence-electron chi connectivity index (χ4n) is 2.79. The van der Waals surface area contributed by atoms with E-state index in [-0.39, 0.29) is 0 Å². The lowest BCUT2D eigenvalue weighted by Crippen LogP contribution is -2.17. The first-order valence-electron chi connectivity index (χ1n) is 7.37. The van der Waals surface area contributed by atoms with Gasteiger partial charge in [0.1, 0.15) is 5.75 Å². The average Bonchev–Trinajstić information content (AvgIpc) is 2.98. The van der Waals surface area contributed by atoms with Crippen LogP contribution in [0.5, 0.6) is 5.75 Å². The molecule has 0 bridgehead atoms. The Bertz CT molecular complexity index is 419. The maximum atomic E-state index is 5.68. The highest BCUT2D eigenvalue weighted by molar-refractivity contribution is 9.10. The van der Waals surface area contributed by atoms with Crippen LogP contribution in [0, 0.1) is 0 Å². The molecular formula is C16H24BrNO2. The van der Waals surface area contributed by atoms with Crippen LogP contribution in [0.1, 0.15) is 43.7 Å². The topological polar surface area (TPSA) is 30.5 Å². The zero-order valence-corrected chi connectivity index (χ0v) is 13.9. The highest BCUT2D eigenvalue weighted by Gasteiger charge is 2.17. The van der Waals surface area contributed by atoms with E-state index in [1.54, 1.807) is 7.11 Å². The molecule has 1 heterocycles. The van der Waals surface area contributed by atoms with Crippen molar-refractivity contribution in [2.24, 2.45) is 0 Å². The molecule has 0 aliphatic carbocycles. The van der Waals surface area contributed by atoms with E-state index in [1.165, 1.54) is 31.2 Å². The minimum absolute atomic E-state index is 0.348. The van der Waals surface area contributed by atoms with Crippen LogP contribution in [0.3, 0.4) is 0 Å². The summed E-state index contributed by atoms with van der Waals surface area (Å²) in [6, 6.07) is 6.49. The van der Waals surface area contributed by atoms with Gasteiger partial charge in [-0.1, -0.05) is 15.9 Å². The van der Waals surface area contributed by atoms with Crippen molar-refractivity contribution >= 4 is 15.9 Å². The summed E-state index contributed by atoms with van der Waals surface area (Å²) in [5.41, 5.74) is 1.26. The fraction of sp³-hybridized carbons (Fsp3) is 0.625. The monoisotopic (exact) mass is 341 g/mol. The van der Waals surface area contributed by atoms with Crippen molar-refractivity contribution in [3.63, 3.8) is 0 Å². The molecule has 1 N–H and O–H groups in total. The Morgan fingerprint density at radius 1 is 1.50 bits per heavy atom. The first kappa shape index (κ1) is 15.8. The van der Waals surface area contributed by atoms with E-state index in [1.807, 2.05) is 13.1 Å². The molecule has 0 saturated carbocycles. The third-order valence-electron chi connectivity index (χ3n) is 3.97. The van der Waals surface area contributed by atoms with Gasteiger partial charge in [0.15, 0.2) is 0 Å². The lowest BCUT2D eigenvalue weighted by Gasteiger charge is -2.20. The lowest BCUT2D eigenvalue weighted by molar-refractivity contribution is 0.101. The van der Waals surface area contributed by atoms with Crippen LogP contribution in [0.25, 0.3) is 0 Å². The number of methoxy groups -OCH3 is 1. The Labute approximate surface area is 130 Å². The van der Waals surface area contributed by atoms with Crippen molar-refractivity contribution in [2.75, 3.05) is 20.8 Å². The largest absolute Gasteiger partial charge is 0.497 e. The van der Waals surface area contributed by atoms with Gasteiger partial charge in [0.2, 0.25) is 0 Å². The normalized spacial score (nSPS) is 20.1. The van der Waals surface area contributed by atoms with Gasteiger partial charge < -0.3 is 14.8 Å². The Balaban J connectivity index is 1.92. The molecule has 1 aromatic rings. The van der Waals surface area contributed by atoms with Crippen LogP contribution in [0.2, 0.25) is 0 Å². The van der Waals surface area contributed by atoms with E-state index in [0.29, 0.717) is 12.1 Å². The highest BCUT2D eigenvalue weighted by atomic mass is 79.9. The summed E-state index contributed by atoms with van der Waals surface area (Å²) in [5.74, 6) is 0.905. The van der Waals surface area contributed by atoms with E-state index in [0.717, 1.165) is 23.2 Å². The van der Waals surface area contributed by atoms with E-state index >= 15 is 0 Å². The molecule has 1 saturated heterocycles. The second-order valence-electron chi connectivity index (χ2n) is 5.29. The molecule has 2 atom stereocenters. The van der Waals surface area contributed by atoms with Crippen LogP contribution in [-0.2, 0) is 4.74 Å². The van der Waals surface area contributed by atoms with E-state index in [9.17, 15) is 0 Å². The molecule has 0 aromatic heterocycles. The van der Waals surface area contributed by atoms with Crippen molar-refractivity contribution in [1.82, 2.24) is 5.32 Å².